The Morgan fingerprint density at radius 1 is 0.837 bits per heavy atom. The van der Waals surface area contributed by atoms with Crippen molar-refractivity contribution in [1.82, 2.24) is 10.0 Å². The molecule has 0 radical (unpaired) electrons. The van der Waals surface area contributed by atoms with Crippen LogP contribution in [0.25, 0.3) is 0 Å². The first kappa shape index (κ1) is 37.8. The highest BCUT2D eigenvalue weighted by Crippen LogP contribution is 2.34. The third kappa shape index (κ3) is 10.7. The third-order valence-corrected chi connectivity index (χ3v) is 8.25. The fraction of sp³-hybridized carbons (Fsp3) is 0.156. The second-order valence-corrected chi connectivity index (χ2v) is 12.1. The number of carbonyl (C=O) groups is 3. The second kappa shape index (κ2) is 16.0. The van der Waals surface area contributed by atoms with Gasteiger partial charge in [-0.3, -0.25) is 25.4 Å². The van der Waals surface area contributed by atoms with Crippen molar-refractivity contribution >= 4 is 33.6 Å². The second-order valence-electron chi connectivity index (χ2n) is 10.4. The van der Waals surface area contributed by atoms with E-state index in [9.17, 15) is 56.3 Å². The summed E-state index contributed by atoms with van der Waals surface area (Å²) >= 11 is 0. The molecule has 1 amide bonds. The van der Waals surface area contributed by atoms with Gasteiger partial charge in [-0.05, 0) is 41.8 Å². The van der Waals surface area contributed by atoms with Crippen LogP contribution < -0.4 is 15.8 Å². The highest BCUT2D eigenvalue weighted by molar-refractivity contribution is 7.89. The topological polar surface area (TPSA) is 219 Å². The Morgan fingerprint density at radius 3 is 1.82 bits per heavy atom. The first-order valence-electron chi connectivity index (χ1n) is 14.0. The summed E-state index contributed by atoms with van der Waals surface area (Å²) in [7, 11) is -4.80. The number of carboxylic acids is 2. The van der Waals surface area contributed by atoms with Crippen molar-refractivity contribution in [3.63, 3.8) is 0 Å². The van der Waals surface area contributed by atoms with E-state index >= 15 is 0 Å². The lowest BCUT2D eigenvalue weighted by Gasteiger charge is -2.26. The number of nitrogens with two attached hydrogens (primary N) is 1. The van der Waals surface area contributed by atoms with E-state index in [0.29, 0.717) is 23.3 Å². The summed E-state index contributed by atoms with van der Waals surface area (Å²) in [5.41, 5.74) is 2.87. The zero-order valence-corrected chi connectivity index (χ0v) is 26.0. The third-order valence-electron chi connectivity index (χ3n) is 6.73. The molecule has 0 saturated heterocycles. The maximum absolute atomic E-state index is 12.8. The molecule has 49 heavy (non-hydrogen) atoms. The van der Waals surface area contributed by atoms with E-state index in [1.54, 1.807) is 89.7 Å². The number of benzene rings is 4. The highest BCUT2D eigenvalue weighted by Gasteiger charge is 2.37. The maximum Gasteiger partial charge on any atom is 0.416 e. The smallest absolute Gasteiger partial charge is 0.416 e. The fourth-order valence-electron chi connectivity index (χ4n) is 4.30. The molecule has 0 aromatic heterocycles. The lowest BCUT2D eigenvalue weighted by molar-refractivity contribution is -0.388. The molecular formula is C32H29F3N4O9S. The molecule has 0 aliphatic rings. The fourth-order valence-corrected chi connectivity index (χ4v) is 5.64. The number of aliphatic carboxylic acids is 2. The molecule has 17 heteroatoms. The van der Waals surface area contributed by atoms with Gasteiger partial charge in [0.1, 0.15) is 6.04 Å². The van der Waals surface area contributed by atoms with Crippen LogP contribution in [0.15, 0.2) is 114 Å². The number of nitrogens with one attached hydrogen (secondary N) is 2. The number of nitro benzene ring substituents is 1. The average molecular weight is 703 g/mol. The summed E-state index contributed by atoms with van der Waals surface area (Å²) in [6.45, 7) is 0. The number of hydrogen-bond donors (Lipinski definition) is 5. The molecule has 0 aliphatic heterocycles. The maximum atomic E-state index is 12.8. The SMILES string of the molecule is NC(Cc1ccccc1)(NC(=O)c1ccccc1)C(=O)O.O=C(O)C(Cc1ccccc1)NS(=O)(=O)c1ccc(C(F)(F)F)cc1[N+](=O)[O-]. The Morgan fingerprint density at radius 2 is 1.35 bits per heavy atom. The van der Waals surface area contributed by atoms with Crippen molar-refractivity contribution in [2.75, 3.05) is 0 Å². The van der Waals surface area contributed by atoms with Crippen LogP contribution in [0.3, 0.4) is 0 Å². The van der Waals surface area contributed by atoms with Crippen LogP contribution in [0, 0.1) is 10.1 Å². The van der Waals surface area contributed by atoms with Crippen molar-refractivity contribution in [1.29, 1.82) is 0 Å². The van der Waals surface area contributed by atoms with Gasteiger partial charge in [0.25, 0.3) is 11.6 Å². The number of carbonyl (C=O) groups excluding carboxylic acids is 1. The normalized spacial score (nSPS) is 13.1. The van der Waals surface area contributed by atoms with Crippen molar-refractivity contribution in [2.45, 2.75) is 35.6 Å². The highest BCUT2D eigenvalue weighted by atomic mass is 32.2. The standard InChI is InChI=1S/C16H13F3N2O6S.C16H16N2O3/c17-16(18,19)11-6-7-14(13(9-11)21(24)25)28(26,27)20-12(15(22)23)8-10-4-2-1-3-5-10;17-16(15(20)21,11-12-7-3-1-4-8-12)18-14(19)13-9-5-2-6-10-13/h1-7,9,12,20H,8H2,(H,22,23);1-10H,11,17H2,(H,18,19)(H,20,21). The summed E-state index contributed by atoms with van der Waals surface area (Å²) in [4.78, 5) is 43.7. The number of nitrogens with zero attached hydrogens (tertiary/aromatic N) is 1. The molecule has 4 aromatic carbocycles. The summed E-state index contributed by atoms with van der Waals surface area (Å²) < 4.78 is 65.0. The summed E-state index contributed by atoms with van der Waals surface area (Å²) in [5.74, 6) is -3.35. The average Bonchev–Trinajstić information content (AvgIpc) is 3.05. The van der Waals surface area contributed by atoms with Gasteiger partial charge in [-0.25, -0.2) is 13.2 Å². The van der Waals surface area contributed by atoms with Gasteiger partial charge in [-0.15, -0.1) is 0 Å². The van der Waals surface area contributed by atoms with Crippen LogP contribution in [0.5, 0.6) is 0 Å². The van der Waals surface area contributed by atoms with Crippen molar-refractivity contribution < 1.29 is 51.1 Å². The van der Waals surface area contributed by atoms with Gasteiger partial charge in [0.2, 0.25) is 10.0 Å². The minimum atomic E-state index is -4.92. The summed E-state index contributed by atoms with van der Waals surface area (Å²) in [5, 5.41) is 32.1. The Kier molecular flexibility index (Phi) is 12.3. The van der Waals surface area contributed by atoms with E-state index in [-0.39, 0.29) is 18.9 Å². The van der Waals surface area contributed by atoms with Crippen molar-refractivity contribution in [3.05, 3.63) is 142 Å². The van der Waals surface area contributed by atoms with Crippen LogP contribution in [0.1, 0.15) is 27.0 Å². The van der Waals surface area contributed by atoms with Gasteiger partial charge < -0.3 is 15.5 Å². The molecule has 13 nitrogen and oxygen atoms in total. The minimum absolute atomic E-state index is 0.00173. The van der Waals surface area contributed by atoms with E-state index in [4.69, 9.17) is 5.73 Å². The Labute approximate surface area is 277 Å². The van der Waals surface area contributed by atoms with Crippen molar-refractivity contribution in [3.8, 4) is 0 Å². The summed E-state index contributed by atoms with van der Waals surface area (Å²) in [6, 6.07) is 24.4. The number of rotatable bonds is 12. The number of carboxylic acid groups (broad SMARTS) is 2. The van der Waals surface area contributed by atoms with Gasteiger partial charge in [0.05, 0.1) is 10.5 Å². The molecule has 2 unspecified atom stereocenters. The zero-order chi connectivity index (χ0) is 36.4. The largest absolute Gasteiger partial charge is 0.480 e. The number of amides is 1. The molecule has 0 fully saturated rings. The van der Waals surface area contributed by atoms with E-state index < -0.39 is 66.8 Å². The predicted molar refractivity (Wildman–Crippen MR) is 169 cm³/mol. The van der Waals surface area contributed by atoms with Crippen LogP contribution >= 0.6 is 0 Å². The molecule has 0 spiro atoms. The van der Waals surface area contributed by atoms with Crippen molar-refractivity contribution in [2.24, 2.45) is 5.73 Å². The molecule has 6 N–H and O–H groups in total. The molecule has 0 saturated carbocycles. The van der Waals surface area contributed by atoms with E-state index in [1.165, 1.54) is 0 Å². The molecule has 0 heterocycles. The van der Waals surface area contributed by atoms with E-state index in [2.05, 4.69) is 5.32 Å². The predicted octanol–water partition coefficient (Wildman–Crippen LogP) is 3.99. The molecule has 0 bridgehead atoms. The Hall–Kier alpha value is -5.65. The van der Waals surface area contributed by atoms with Crippen LogP contribution in [0.4, 0.5) is 18.9 Å². The monoisotopic (exact) mass is 702 g/mol. The van der Waals surface area contributed by atoms with Crippen LogP contribution in [0.2, 0.25) is 0 Å². The van der Waals surface area contributed by atoms with E-state index in [1.807, 2.05) is 6.07 Å². The van der Waals surface area contributed by atoms with Gasteiger partial charge in [-0.2, -0.15) is 17.9 Å². The van der Waals surface area contributed by atoms with Gasteiger partial charge in [-0.1, -0.05) is 78.9 Å². The number of hydrogen-bond acceptors (Lipinski definition) is 8. The molecule has 258 valence electrons. The quantitative estimate of drug-likeness (QED) is 0.0812. The number of nitro groups is 1. The lowest BCUT2D eigenvalue weighted by atomic mass is 10.00. The van der Waals surface area contributed by atoms with Gasteiger partial charge in [0, 0.05) is 18.1 Å². The lowest BCUT2D eigenvalue weighted by Crippen LogP contribution is -2.63. The summed E-state index contributed by atoms with van der Waals surface area (Å²) in [6.07, 6.45) is -5.19. The molecule has 4 aromatic rings. The zero-order valence-electron chi connectivity index (χ0n) is 25.2. The first-order valence-corrected chi connectivity index (χ1v) is 15.5. The van der Waals surface area contributed by atoms with Crippen LogP contribution in [-0.4, -0.2) is 53.1 Å². The van der Waals surface area contributed by atoms with E-state index in [0.717, 1.165) is 5.56 Å². The molecule has 4 rings (SSSR count). The molecular weight excluding hydrogens is 673 g/mol. The molecule has 0 aliphatic carbocycles. The van der Waals surface area contributed by atoms with Gasteiger partial charge >= 0.3 is 18.1 Å². The first-order chi connectivity index (χ1) is 22.9. The number of halogens is 3. The number of sulfonamides is 1. The van der Waals surface area contributed by atoms with Crippen LogP contribution in [-0.2, 0) is 38.6 Å². The Bertz CT molecular complexity index is 1900. The van der Waals surface area contributed by atoms with Gasteiger partial charge in [0.15, 0.2) is 10.6 Å². The minimum Gasteiger partial charge on any atom is -0.480 e. The Balaban J connectivity index is 0.000000276. The molecule has 2 atom stereocenters. The number of alkyl halides is 3.